The van der Waals surface area contributed by atoms with Crippen molar-refractivity contribution in [2.24, 2.45) is 0 Å². The molecule has 0 unspecified atom stereocenters. The summed E-state index contributed by atoms with van der Waals surface area (Å²) in [4.78, 5) is 25.8. The van der Waals surface area contributed by atoms with Crippen molar-refractivity contribution >= 4 is 40.5 Å². The van der Waals surface area contributed by atoms with E-state index in [4.69, 9.17) is 4.74 Å². The van der Waals surface area contributed by atoms with Crippen LogP contribution in [0.15, 0.2) is 46.9 Å². The first-order valence-corrected chi connectivity index (χ1v) is 11.9. The van der Waals surface area contributed by atoms with Gasteiger partial charge in [-0.15, -0.1) is 23.1 Å². The molecule has 0 atom stereocenters. The Labute approximate surface area is 183 Å². The number of thioether (sulfide) groups is 1. The normalized spacial score (nSPS) is 13.3. The average molecular weight is 442 g/mol. The van der Waals surface area contributed by atoms with Gasteiger partial charge in [-0.05, 0) is 30.2 Å². The van der Waals surface area contributed by atoms with Crippen molar-refractivity contribution in [3.63, 3.8) is 0 Å². The fourth-order valence-electron chi connectivity index (χ4n) is 3.50. The number of fused-ring (bicyclic) bond motifs is 1. The Morgan fingerprint density at radius 1 is 1.30 bits per heavy atom. The van der Waals surface area contributed by atoms with E-state index in [1.807, 2.05) is 36.6 Å². The highest BCUT2D eigenvalue weighted by Crippen LogP contribution is 2.39. The molecular formula is C22H23N3O3S2. The number of rotatable bonds is 8. The molecule has 30 heavy (non-hydrogen) atoms. The number of benzene rings is 1. The molecule has 0 spiro atoms. The van der Waals surface area contributed by atoms with Crippen LogP contribution in [-0.4, -0.2) is 34.3 Å². The summed E-state index contributed by atoms with van der Waals surface area (Å²) in [7, 11) is 0. The van der Waals surface area contributed by atoms with Gasteiger partial charge < -0.3 is 10.1 Å². The van der Waals surface area contributed by atoms with Crippen LogP contribution in [0.1, 0.15) is 44.0 Å². The van der Waals surface area contributed by atoms with Gasteiger partial charge >= 0.3 is 0 Å². The van der Waals surface area contributed by atoms with E-state index >= 15 is 0 Å². The molecule has 1 aromatic carbocycles. The van der Waals surface area contributed by atoms with Crippen LogP contribution in [0.2, 0.25) is 0 Å². The maximum Gasteiger partial charge on any atom is 0.266 e. The summed E-state index contributed by atoms with van der Waals surface area (Å²) in [5.74, 6) is -0.0228. The van der Waals surface area contributed by atoms with Crippen molar-refractivity contribution in [3.05, 3.63) is 64.3 Å². The number of thiophene rings is 1. The van der Waals surface area contributed by atoms with Gasteiger partial charge in [-0.1, -0.05) is 30.3 Å². The van der Waals surface area contributed by atoms with Gasteiger partial charge in [0.2, 0.25) is 0 Å². The summed E-state index contributed by atoms with van der Waals surface area (Å²) >= 11 is 2.94. The number of anilines is 1. The van der Waals surface area contributed by atoms with Crippen LogP contribution in [0.25, 0.3) is 0 Å². The molecule has 156 valence electrons. The minimum Gasteiger partial charge on any atom is -0.375 e. The smallest absolute Gasteiger partial charge is 0.266 e. The molecule has 0 fully saturated rings. The van der Waals surface area contributed by atoms with Crippen LogP contribution in [0, 0.1) is 0 Å². The Bertz CT molecular complexity index is 1040. The monoisotopic (exact) mass is 441 g/mol. The minimum atomic E-state index is -0.175. The molecule has 0 aliphatic heterocycles. The van der Waals surface area contributed by atoms with Crippen LogP contribution in [-0.2, 0) is 24.3 Å². The van der Waals surface area contributed by atoms with Crippen LogP contribution < -0.4 is 5.32 Å². The SMILES string of the molecule is CSc1sc(C(=O)Nc2cnn(CCOCc3ccccc3)c2)c2c1C(=O)CCC2. The molecule has 0 saturated heterocycles. The number of aromatic nitrogens is 2. The highest BCUT2D eigenvalue weighted by molar-refractivity contribution is 8.00. The molecule has 6 nitrogen and oxygen atoms in total. The van der Waals surface area contributed by atoms with Gasteiger partial charge in [0.15, 0.2) is 5.78 Å². The van der Waals surface area contributed by atoms with Crippen molar-refractivity contribution in [1.29, 1.82) is 0 Å². The Balaban J connectivity index is 1.35. The quantitative estimate of drug-likeness (QED) is 0.407. The third kappa shape index (κ3) is 4.66. The molecule has 2 heterocycles. The van der Waals surface area contributed by atoms with Gasteiger partial charge in [0.25, 0.3) is 5.91 Å². The third-order valence-corrected chi connectivity index (χ3v) is 7.29. The van der Waals surface area contributed by atoms with Crippen molar-refractivity contribution in [1.82, 2.24) is 9.78 Å². The Hall–Kier alpha value is -2.42. The van der Waals surface area contributed by atoms with E-state index < -0.39 is 0 Å². The average Bonchev–Trinajstić information content (AvgIpc) is 3.37. The van der Waals surface area contributed by atoms with E-state index in [0.29, 0.717) is 36.7 Å². The molecular weight excluding hydrogens is 418 g/mol. The summed E-state index contributed by atoms with van der Waals surface area (Å²) in [5, 5.41) is 7.22. The molecule has 0 radical (unpaired) electrons. The van der Waals surface area contributed by atoms with Gasteiger partial charge in [-0.25, -0.2) is 0 Å². The molecule has 0 saturated carbocycles. The van der Waals surface area contributed by atoms with Crippen molar-refractivity contribution < 1.29 is 14.3 Å². The van der Waals surface area contributed by atoms with Crippen molar-refractivity contribution in [2.75, 3.05) is 18.2 Å². The second kappa shape index (κ2) is 9.59. The van der Waals surface area contributed by atoms with Crippen LogP contribution in [0.4, 0.5) is 5.69 Å². The predicted molar refractivity (Wildman–Crippen MR) is 120 cm³/mol. The molecule has 0 bridgehead atoms. The highest BCUT2D eigenvalue weighted by atomic mass is 32.2. The molecule has 1 N–H and O–H groups in total. The van der Waals surface area contributed by atoms with Crippen LogP contribution in [0.5, 0.6) is 0 Å². The van der Waals surface area contributed by atoms with Gasteiger partial charge in [-0.3, -0.25) is 14.3 Å². The fraction of sp³-hybridized carbons (Fsp3) is 0.318. The summed E-state index contributed by atoms with van der Waals surface area (Å²) in [5.41, 5.74) is 3.43. The van der Waals surface area contributed by atoms with E-state index in [9.17, 15) is 9.59 Å². The third-order valence-electron chi connectivity index (χ3n) is 4.94. The summed E-state index contributed by atoms with van der Waals surface area (Å²) in [6.07, 6.45) is 7.52. The second-order valence-corrected chi connectivity index (χ2v) is 9.13. The molecule has 1 aliphatic carbocycles. The first-order valence-electron chi connectivity index (χ1n) is 9.84. The Kier molecular flexibility index (Phi) is 6.66. The second-order valence-electron chi connectivity index (χ2n) is 7.04. The summed E-state index contributed by atoms with van der Waals surface area (Å²) < 4.78 is 8.38. The lowest BCUT2D eigenvalue weighted by molar-refractivity contribution is 0.0970. The van der Waals surface area contributed by atoms with Gasteiger partial charge in [-0.2, -0.15) is 5.10 Å². The Morgan fingerprint density at radius 3 is 2.93 bits per heavy atom. The molecule has 8 heteroatoms. The van der Waals surface area contributed by atoms with Crippen molar-refractivity contribution in [3.8, 4) is 0 Å². The fourth-order valence-corrected chi connectivity index (χ4v) is 5.52. The molecule has 4 rings (SSSR count). The van der Waals surface area contributed by atoms with Gasteiger partial charge in [0.1, 0.15) is 0 Å². The number of Topliss-reactive ketones (excluding diaryl/α,β-unsaturated/α-hetero) is 1. The standard InChI is InChI=1S/C22H23N3O3S2/c1-29-22-19-17(8-5-9-18(19)26)20(30-22)21(27)24-16-12-23-25(13-16)10-11-28-14-15-6-3-2-4-7-15/h2-4,6-7,12-13H,5,8-11,14H2,1H3,(H,24,27). The number of hydrogen-bond acceptors (Lipinski definition) is 6. The van der Waals surface area contributed by atoms with E-state index in [2.05, 4.69) is 10.4 Å². The summed E-state index contributed by atoms with van der Waals surface area (Å²) in [6.45, 7) is 1.69. The van der Waals surface area contributed by atoms with Gasteiger partial charge in [0, 0.05) is 18.2 Å². The number of carbonyl (C=O) groups excluding carboxylic acids is 2. The van der Waals surface area contributed by atoms with Crippen LogP contribution in [0.3, 0.4) is 0 Å². The number of ketones is 1. The number of hydrogen-bond donors (Lipinski definition) is 1. The highest BCUT2D eigenvalue weighted by Gasteiger charge is 2.29. The number of nitrogens with zero attached hydrogens (tertiary/aromatic N) is 2. The zero-order chi connectivity index (χ0) is 20.9. The lowest BCUT2D eigenvalue weighted by atomic mass is 9.92. The maximum atomic E-state index is 12.9. The Morgan fingerprint density at radius 2 is 2.13 bits per heavy atom. The first-order chi connectivity index (χ1) is 14.7. The lowest BCUT2D eigenvalue weighted by Gasteiger charge is -2.12. The van der Waals surface area contributed by atoms with Crippen molar-refractivity contribution in [2.45, 2.75) is 36.6 Å². The van der Waals surface area contributed by atoms with Crippen LogP contribution >= 0.6 is 23.1 Å². The summed E-state index contributed by atoms with van der Waals surface area (Å²) in [6, 6.07) is 10.0. The predicted octanol–water partition coefficient (Wildman–Crippen LogP) is 4.65. The van der Waals surface area contributed by atoms with E-state index in [1.54, 1.807) is 17.1 Å². The number of carbonyl (C=O) groups is 2. The largest absolute Gasteiger partial charge is 0.375 e. The number of ether oxygens (including phenoxy) is 1. The number of amides is 1. The van der Waals surface area contributed by atoms with Gasteiger partial charge in [0.05, 0.1) is 40.7 Å². The topological polar surface area (TPSA) is 73.2 Å². The van der Waals surface area contributed by atoms with E-state index in [0.717, 1.165) is 33.7 Å². The molecule has 3 aromatic rings. The zero-order valence-corrected chi connectivity index (χ0v) is 18.4. The lowest BCUT2D eigenvalue weighted by Crippen LogP contribution is -2.16. The molecule has 1 aliphatic rings. The minimum absolute atomic E-state index is 0.152. The van der Waals surface area contributed by atoms with E-state index in [1.165, 1.54) is 23.1 Å². The first kappa shape index (κ1) is 20.8. The zero-order valence-electron chi connectivity index (χ0n) is 16.7. The molecule has 2 aromatic heterocycles. The number of nitrogens with one attached hydrogen (secondary N) is 1. The molecule has 1 amide bonds. The van der Waals surface area contributed by atoms with E-state index in [-0.39, 0.29) is 11.7 Å². The maximum absolute atomic E-state index is 12.9.